The van der Waals surface area contributed by atoms with Crippen molar-refractivity contribution >= 4 is 40.9 Å². The number of methoxy groups -OCH3 is 1. The molecule has 2 saturated heterocycles. The summed E-state index contributed by atoms with van der Waals surface area (Å²) in [5.41, 5.74) is 5.27. The van der Waals surface area contributed by atoms with Crippen molar-refractivity contribution in [2.45, 2.75) is 38.0 Å². The van der Waals surface area contributed by atoms with Crippen LogP contribution in [0.15, 0.2) is 78.4 Å². The van der Waals surface area contributed by atoms with E-state index in [1.165, 1.54) is 12.0 Å². The summed E-state index contributed by atoms with van der Waals surface area (Å²) < 4.78 is 5.50. The molecule has 46 heavy (non-hydrogen) atoms. The number of anilines is 1. The van der Waals surface area contributed by atoms with Crippen molar-refractivity contribution in [1.29, 1.82) is 0 Å². The van der Waals surface area contributed by atoms with Crippen LogP contribution in [-0.2, 0) is 24.6 Å². The molecule has 0 spiro atoms. The lowest BCUT2D eigenvalue weighted by molar-refractivity contribution is -0.141. The number of imide groups is 2. The zero-order valence-corrected chi connectivity index (χ0v) is 26.5. The zero-order chi connectivity index (χ0) is 32.5. The molecule has 2 aliphatic heterocycles. The number of halogens is 1. The van der Waals surface area contributed by atoms with Crippen LogP contribution in [0.5, 0.6) is 11.5 Å². The van der Waals surface area contributed by atoms with E-state index in [4.69, 9.17) is 16.3 Å². The molecular formula is C36H34ClN3O6. The van der Waals surface area contributed by atoms with Gasteiger partial charge in [-0.05, 0) is 68.0 Å². The van der Waals surface area contributed by atoms with Crippen LogP contribution in [0.1, 0.15) is 42.4 Å². The molecule has 2 heterocycles. The van der Waals surface area contributed by atoms with Crippen molar-refractivity contribution in [3.05, 3.63) is 100 Å². The van der Waals surface area contributed by atoms with Gasteiger partial charge in [-0.15, -0.1) is 0 Å². The number of nitrogens with zero attached hydrogens (tertiary/aromatic N) is 2. The number of aryl methyl sites for hydroxylation is 1. The third-order valence-electron chi connectivity index (χ3n) is 10.4. The van der Waals surface area contributed by atoms with Gasteiger partial charge in [0.1, 0.15) is 0 Å². The predicted molar refractivity (Wildman–Crippen MR) is 171 cm³/mol. The highest BCUT2D eigenvalue weighted by Gasteiger charge is 2.70. The number of likely N-dealkylation sites (tertiary alicyclic amines) is 1. The molecular weight excluding hydrogens is 606 g/mol. The van der Waals surface area contributed by atoms with Crippen LogP contribution in [0.3, 0.4) is 0 Å². The summed E-state index contributed by atoms with van der Waals surface area (Å²) in [6.45, 7) is 4.00. The molecule has 1 saturated carbocycles. The summed E-state index contributed by atoms with van der Waals surface area (Å²) >= 11 is 6.58. The Morgan fingerprint density at radius 2 is 1.70 bits per heavy atom. The van der Waals surface area contributed by atoms with Gasteiger partial charge < -0.3 is 9.84 Å². The molecule has 4 amide bonds. The normalized spacial score (nSPS) is 28.5. The van der Waals surface area contributed by atoms with Crippen molar-refractivity contribution in [2.75, 3.05) is 19.1 Å². The van der Waals surface area contributed by atoms with Crippen molar-refractivity contribution in [3.8, 4) is 11.5 Å². The van der Waals surface area contributed by atoms with E-state index in [1.807, 2.05) is 67.6 Å². The Morgan fingerprint density at radius 3 is 2.37 bits per heavy atom. The number of benzene rings is 3. The topological polar surface area (TPSA) is 116 Å². The Morgan fingerprint density at radius 1 is 0.978 bits per heavy atom. The molecule has 0 bridgehead atoms. The summed E-state index contributed by atoms with van der Waals surface area (Å²) in [7, 11) is 1.42. The van der Waals surface area contributed by atoms with Gasteiger partial charge in [0, 0.05) is 12.5 Å². The molecule has 3 fully saturated rings. The molecule has 4 aliphatic rings. The number of ether oxygens (including phenoxy) is 1. The van der Waals surface area contributed by atoms with Gasteiger partial charge in [0.25, 0.3) is 11.8 Å². The van der Waals surface area contributed by atoms with Crippen molar-refractivity contribution in [3.63, 3.8) is 0 Å². The van der Waals surface area contributed by atoms with E-state index < -0.39 is 46.8 Å². The van der Waals surface area contributed by atoms with Gasteiger partial charge in [-0.2, -0.15) is 5.01 Å². The SMILES string of the molecule is CCN1C(=O)C2CC=C3C(CC4C(=O)N(Nc5ccc(C)cc5)C(=O)C4(c4ccccc4)C3c3cc(Cl)c(O)c(OC)c3)C2C1=O. The zero-order valence-electron chi connectivity index (χ0n) is 25.7. The van der Waals surface area contributed by atoms with E-state index in [1.54, 1.807) is 19.1 Å². The summed E-state index contributed by atoms with van der Waals surface area (Å²) in [6.07, 6.45) is 2.53. The molecule has 0 radical (unpaired) electrons. The fourth-order valence-electron chi connectivity index (χ4n) is 8.42. The summed E-state index contributed by atoms with van der Waals surface area (Å²) in [5, 5.41) is 11.8. The maximum Gasteiger partial charge on any atom is 0.260 e. The summed E-state index contributed by atoms with van der Waals surface area (Å²) in [6, 6.07) is 19.9. The van der Waals surface area contributed by atoms with Crippen LogP contribution in [0.25, 0.3) is 0 Å². The largest absolute Gasteiger partial charge is 0.503 e. The van der Waals surface area contributed by atoms with Crippen LogP contribution in [-0.4, -0.2) is 52.3 Å². The highest BCUT2D eigenvalue weighted by molar-refractivity contribution is 6.32. The maximum atomic E-state index is 15.1. The number of phenolic OH excluding ortho intramolecular Hbond substituents is 1. The molecule has 2 N–H and O–H groups in total. The van der Waals surface area contributed by atoms with Crippen molar-refractivity contribution in [2.24, 2.45) is 23.7 Å². The van der Waals surface area contributed by atoms with E-state index in [0.717, 1.165) is 16.1 Å². The van der Waals surface area contributed by atoms with Crippen LogP contribution in [0, 0.1) is 30.6 Å². The number of hydrazine groups is 1. The van der Waals surface area contributed by atoms with E-state index >= 15 is 4.79 Å². The lowest BCUT2D eigenvalue weighted by atomic mass is 9.49. The van der Waals surface area contributed by atoms with Crippen LogP contribution >= 0.6 is 11.6 Å². The molecule has 7 rings (SSSR count). The first kappa shape index (κ1) is 30.0. The molecule has 2 aliphatic carbocycles. The van der Waals surface area contributed by atoms with Gasteiger partial charge in [0.15, 0.2) is 11.5 Å². The Balaban J connectivity index is 1.48. The minimum Gasteiger partial charge on any atom is -0.503 e. The molecule has 236 valence electrons. The van der Waals surface area contributed by atoms with E-state index in [0.29, 0.717) is 23.2 Å². The lowest BCUT2D eigenvalue weighted by Gasteiger charge is -2.50. The van der Waals surface area contributed by atoms with E-state index in [2.05, 4.69) is 5.43 Å². The molecule has 9 nitrogen and oxygen atoms in total. The Hall–Kier alpha value is -4.63. The lowest BCUT2D eigenvalue weighted by Crippen LogP contribution is -2.53. The molecule has 3 aromatic carbocycles. The number of rotatable bonds is 6. The predicted octanol–water partition coefficient (Wildman–Crippen LogP) is 5.37. The number of aromatic hydroxyl groups is 1. The highest BCUT2D eigenvalue weighted by Crippen LogP contribution is 2.64. The second kappa shape index (κ2) is 11.0. The Kier molecular flexibility index (Phi) is 7.20. The Bertz CT molecular complexity index is 1810. The first-order valence-electron chi connectivity index (χ1n) is 15.5. The van der Waals surface area contributed by atoms with E-state index in [-0.39, 0.29) is 41.3 Å². The fourth-order valence-corrected chi connectivity index (χ4v) is 8.63. The summed E-state index contributed by atoms with van der Waals surface area (Å²) in [5.74, 6) is -4.73. The second-order valence-electron chi connectivity index (χ2n) is 12.6. The molecule has 10 heteroatoms. The fraction of sp³-hybridized carbons (Fsp3) is 0.333. The number of hydrogen-bond acceptors (Lipinski definition) is 7. The highest BCUT2D eigenvalue weighted by atomic mass is 35.5. The van der Waals surface area contributed by atoms with Gasteiger partial charge in [-0.3, -0.25) is 29.5 Å². The van der Waals surface area contributed by atoms with Gasteiger partial charge in [0.05, 0.1) is 41.0 Å². The van der Waals surface area contributed by atoms with Crippen LogP contribution in [0.2, 0.25) is 5.02 Å². The van der Waals surface area contributed by atoms with Gasteiger partial charge in [0.2, 0.25) is 11.8 Å². The standard InChI is InChI=1S/C36H34ClN3O6/c1-4-39-32(42)24-15-14-23-25(29(24)34(39)44)18-26-33(43)40(38-22-12-10-19(2)11-13-22)35(45)36(26,21-8-6-5-7-9-21)30(23)20-16-27(37)31(41)28(17-20)46-3/h5-14,16-17,24-26,29-30,38,41H,4,15,18H2,1-3H3. The molecule has 6 atom stereocenters. The van der Waals surface area contributed by atoms with Crippen molar-refractivity contribution < 1.29 is 29.0 Å². The maximum absolute atomic E-state index is 15.1. The number of phenols is 1. The first-order valence-corrected chi connectivity index (χ1v) is 15.9. The molecule has 3 aromatic rings. The van der Waals surface area contributed by atoms with Gasteiger partial charge in [-0.1, -0.05) is 71.3 Å². The minimum absolute atomic E-state index is 0.0289. The average Bonchev–Trinajstić information content (AvgIpc) is 3.44. The minimum atomic E-state index is -1.44. The quantitative estimate of drug-likeness (QED) is 0.275. The van der Waals surface area contributed by atoms with Crippen LogP contribution in [0.4, 0.5) is 5.69 Å². The number of carbonyl (C=O) groups is 4. The van der Waals surface area contributed by atoms with Gasteiger partial charge >= 0.3 is 0 Å². The molecule has 0 aromatic heterocycles. The number of amides is 4. The second-order valence-corrected chi connectivity index (χ2v) is 13.0. The summed E-state index contributed by atoms with van der Waals surface area (Å²) in [4.78, 5) is 58.2. The van der Waals surface area contributed by atoms with Crippen molar-refractivity contribution in [1.82, 2.24) is 9.91 Å². The first-order chi connectivity index (χ1) is 22.1. The third kappa shape index (κ3) is 4.14. The average molecular weight is 640 g/mol. The third-order valence-corrected chi connectivity index (χ3v) is 10.7. The number of hydrogen-bond donors (Lipinski definition) is 2. The monoisotopic (exact) mass is 639 g/mol. The number of fused-ring (bicyclic) bond motifs is 4. The molecule has 6 unspecified atom stereocenters. The van der Waals surface area contributed by atoms with Crippen LogP contribution < -0.4 is 10.2 Å². The number of carbonyl (C=O) groups excluding carboxylic acids is 4. The Labute approximate surface area is 271 Å². The van der Waals surface area contributed by atoms with Gasteiger partial charge in [-0.25, -0.2) is 0 Å². The number of nitrogens with one attached hydrogen (secondary N) is 1. The smallest absolute Gasteiger partial charge is 0.260 e. The van der Waals surface area contributed by atoms with E-state index in [9.17, 15) is 19.5 Å². The number of allylic oxidation sites excluding steroid dienone is 2.